The zero-order valence-electron chi connectivity index (χ0n) is 11.9. The summed E-state index contributed by atoms with van der Waals surface area (Å²) in [5.41, 5.74) is 8.60. The molecule has 102 valence electrons. The fraction of sp³-hybridized carbons (Fsp3) is 0.600. The van der Waals surface area contributed by atoms with Crippen LogP contribution in [0.5, 0.6) is 0 Å². The normalized spacial score (nSPS) is 13.3. The van der Waals surface area contributed by atoms with Gasteiger partial charge >= 0.3 is 0 Å². The van der Waals surface area contributed by atoms with Crippen LogP contribution in [0, 0.1) is 6.92 Å². The van der Waals surface area contributed by atoms with Gasteiger partial charge in [-0.3, -0.25) is 4.90 Å². The van der Waals surface area contributed by atoms with Crippen LogP contribution in [0.1, 0.15) is 44.4 Å². The highest BCUT2D eigenvalue weighted by Gasteiger charge is 2.21. The molecule has 0 radical (unpaired) electrons. The molecule has 0 amide bonds. The van der Waals surface area contributed by atoms with Gasteiger partial charge < -0.3 is 5.73 Å². The molecular formula is C15H25BrN2. The highest BCUT2D eigenvalue weighted by atomic mass is 79.9. The van der Waals surface area contributed by atoms with Crippen LogP contribution in [0.3, 0.4) is 0 Å². The molecule has 0 saturated heterocycles. The van der Waals surface area contributed by atoms with Crippen molar-refractivity contribution in [2.24, 2.45) is 5.73 Å². The Kier molecular flexibility index (Phi) is 6.33. The lowest BCUT2D eigenvalue weighted by Crippen LogP contribution is -2.39. The summed E-state index contributed by atoms with van der Waals surface area (Å²) in [5.74, 6) is 0. The van der Waals surface area contributed by atoms with E-state index in [1.165, 1.54) is 11.1 Å². The summed E-state index contributed by atoms with van der Waals surface area (Å²) < 4.78 is 1.16. The molecule has 0 heterocycles. The lowest BCUT2D eigenvalue weighted by atomic mass is 10.0. The zero-order valence-corrected chi connectivity index (χ0v) is 13.5. The van der Waals surface area contributed by atoms with Gasteiger partial charge in [-0.25, -0.2) is 0 Å². The van der Waals surface area contributed by atoms with Crippen LogP contribution in [-0.2, 0) is 0 Å². The molecule has 0 saturated carbocycles. The van der Waals surface area contributed by atoms with E-state index in [4.69, 9.17) is 5.73 Å². The molecule has 1 rings (SSSR count). The molecule has 18 heavy (non-hydrogen) atoms. The van der Waals surface area contributed by atoms with Crippen LogP contribution in [0.2, 0.25) is 0 Å². The average Bonchev–Trinajstić information content (AvgIpc) is 2.33. The summed E-state index contributed by atoms with van der Waals surface area (Å²) in [6, 6.07) is 7.38. The molecule has 2 nitrogen and oxygen atoms in total. The first-order chi connectivity index (χ1) is 8.51. The van der Waals surface area contributed by atoms with E-state index in [2.05, 4.69) is 66.7 Å². The largest absolute Gasteiger partial charge is 0.329 e. The summed E-state index contributed by atoms with van der Waals surface area (Å²) in [7, 11) is 0. The lowest BCUT2D eigenvalue weighted by molar-refractivity contribution is 0.157. The Labute approximate surface area is 120 Å². The fourth-order valence-corrected chi connectivity index (χ4v) is 2.62. The molecule has 2 N–H and O–H groups in total. The van der Waals surface area contributed by atoms with Gasteiger partial charge in [0.25, 0.3) is 0 Å². The van der Waals surface area contributed by atoms with Crippen molar-refractivity contribution in [2.75, 3.05) is 13.1 Å². The molecule has 1 aromatic rings. The number of rotatable bonds is 6. The van der Waals surface area contributed by atoms with Crippen LogP contribution in [0.15, 0.2) is 22.7 Å². The minimum atomic E-state index is 0.316. The average molecular weight is 313 g/mol. The highest BCUT2D eigenvalue weighted by molar-refractivity contribution is 9.10. The summed E-state index contributed by atoms with van der Waals surface area (Å²) in [6.07, 6.45) is 1.16. The van der Waals surface area contributed by atoms with Gasteiger partial charge in [0.05, 0.1) is 0 Å². The van der Waals surface area contributed by atoms with E-state index in [-0.39, 0.29) is 0 Å². The van der Waals surface area contributed by atoms with Crippen molar-refractivity contribution in [3.63, 3.8) is 0 Å². The highest BCUT2D eigenvalue weighted by Crippen LogP contribution is 2.26. The van der Waals surface area contributed by atoms with Crippen LogP contribution >= 0.6 is 15.9 Å². The molecule has 0 spiro atoms. The summed E-state index contributed by atoms with van der Waals surface area (Å²) in [6.45, 7) is 10.6. The van der Waals surface area contributed by atoms with Crippen LogP contribution in [-0.4, -0.2) is 24.0 Å². The number of halogens is 1. The van der Waals surface area contributed by atoms with Crippen molar-refractivity contribution < 1.29 is 0 Å². The molecule has 0 bridgehead atoms. The monoisotopic (exact) mass is 312 g/mol. The van der Waals surface area contributed by atoms with Gasteiger partial charge in [0.15, 0.2) is 0 Å². The van der Waals surface area contributed by atoms with Crippen LogP contribution in [0.4, 0.5) is 0 Å². The maximum atomic E-state index is 6.01. The van der Waals surface area contributed by atoms with Crippen LogP contribution < -0.4 is 5.73 Å². The fourth-order valence-electron chi connectivity index (χ4n) is 2.37. The van der Waals surface area contributed by atoms with Gasteiger partial charge in [-0.15, -0.1) is 0 Å². The number of nitrogens with two attached hydrogens (primary N) is 1. The maximum absolute atomic E-state index is 6.01. The first-order valence-electron chi connectivity index (χ1n) is 6.73. The smallest absolute Gasteiger partial charge is 0.0473 e. The molecule has 3 heteroatoms. The van der Waals surface area contributed by atoms with Crippen molar-refractivity contribution in [3.05, 3.63) is 33.8 Å². The second kappa shape index (κ2) is 7.27. The molecule has 1 atom stereocenters. The van der Waals surface area contributed by atoms with Crippen molar-refractivity contribution >= 4 is 15.9 Å². The minimum absolute atomic E-state index is 0.316. The standard InChI is InChI=1S/C15H25BrN2/c1-5-8-18(11(2)3)15(10-17)13-6-7-14(16)12(4)9-13/h6-7,9,11,15H,5,8,10,17H2,1-4H3. The van der Waals surface area contributed by atoms with E-state index in [9.17, 15) is 0 Å². The quantitative estimate of drug-likeness (QED) is 0.863. The molecule has 0 aromatic heterocycles. The topological polar surface area (TPSA) is 29.3 Å². The van der Waals surface area contributed by atoms with E-state index in [0.29, 0.717) is 18.6 Å². The Morgan fingerprint density at radius 1 is 1.33 bits per heavy atom. The van der Waals surface area contributed by atoms with Gasteiger partial charge in [-0.1, -0.05) is 35.0 Å². The summed E-state index contributed by atoms with van der Waals surface area (Å²) in [5, 5.41) is 0. The predicted octanol–water partition coefficient (Wildman–Crippen LogP) is 3.88. The van der Waals surface area contributed by atoms with Crippen molar-refractivity contribution in [1.29, 1.82) is 0 Å². The maximum Gasteiger partial charge on any atom is 0.0473 e. The molecule has 0 fully saturated rings. The van der Waals surface area contributed by atoms with E-state index in [1.807, 2.05) is 0 Å². The van der Waals surface area contributed by atoms with Crippen molar-refractivity contribution in [3.8, 4) is 0 Å². The molecule has 0 aliphatic heterocycles. The van der Waals surface area contributed by atoms with Crippen LogP contribution in [0.25, 0.3) is 0 Å². The number of hydrogen-bond acceptors (Lipinski definition) is 2. The molecular weight excluding hydrogens is 288 g/mol. The third kappa shape index (κ3) is 3.81. The summed E-state index contributed by atoms with van der Waals surface area (Å²) >= 11 is 3.55. The Hall–Kier alpha value is -0.380. The molecule has 1 unspecified atom stereocenters. The van der Waals surface area contributed by atoms with Gasteiger partial charge in [-0.2, -0.15) is 0 Å². The van der Waals surface area contributed by atoms with Gasteiger partial charge in [0, 0.05) is 23.1 Å². The number of aryl methyl sites for hydroxylation is 1. The Bertz CT molecular complexity index is 377. The first-order valence-corrected chi connectivity index (χ1v) is 7.52. The predicted molar refractivity (Wildman–Crippen MR) is 82.8 cm³/mol. The van der Waals surface area contributed by atoms with Gasteiger partial charge in [0.1, 0.15) is 0 Å². The van der Waals surface area contributed by atoms with E-state index in [1.54, 1.807) is 0 Å². The third-order valence-electron chi connectivity index (χ3n) is 3.34. The Morgan fingerprint density at radius 3 is 2.44 bits per heavy atom. The van der Waals surface area contributed by atoms with E-state index >= 15 is 0 Å². The second-order valence-corrected chi connectivity index (χ2v) is 5.95. The summed E-state index contributed by atoms with van der Waals surface area (Å²) in [4.78, 5) is 2.49. The molecule has 0 aliphatic carbocycles. The third-order valence-corrected chi connectivity index (χ3v) is 4.23. The number of benzene rings is 1. The van der Waals surface area contributed by atoms with E-state index < -0.39 is 0 Å². The van der Waals surface area contributed by atoms with Gasteiger partial charge in [-0.05, 0) is 50.9 Å². The minimum Gasteiger partial charge on any atom is -0.329 e. The van der Waals surface area contributed by atoms with Crippen molar-refractivity contribution in [2.45, 2.75) is 46.2 Å². The number of nitrogens with zero attached hydrogens (tertiary/aromatic N) is 1. The first kappa shape index (κ1) is 15.7. The molecule has 1 aromatic carbocycles. The van der Waals surface area contributed by atoms with Gasteiger partial charge in [0.2, 0.25) is 0 Å². The Morgan fingerprint density at radius 2 is 2.00 bits per heavy atom. The van der Waals surface area contributed by atoms with E-state index in [0.717, 1.165) is 17.4 Å². The zero-order chi connectivity index (χ0) is 13.7. The second-order valence-electron chi connectivity index (χ2n) is 5.09. The molecule has 0 aliphatic rings. The number of hydrogen-bond donors (Lipinski definition) is 1. The van der Waals surface area contributed by atoms with Crippen molar-refractivity contribution in [1.82, 2.24) is 4.90 Å². The Balaban J connectivity index is 3.02. The SMILES string of the molecule is CCCN(C(C)C)C(CN)c1ccc(Br)c(C)c1. The lowest BCUT2D eigenvalue weighted by Gasteiger charge is -2.34.